The van der Waals surface area contributed by atoms with Gasteiger partial charge in [0.05, 0.1) is 11.0 Å². The van der Waals surface area contributed by atoms with E-state index in [4.69, 9.17) is 0 Å². The van der Waals surface area contributed by atoms with Crippen LogP contribution in [-0.4, -0.2) is 4.57 Å². The van der Waals surface area contributed by atoms with Gasteiger partial charge in [0.25, 0.3) is 0 Å². The largest absolute Gasteiger partial charge is 0.310 e. The minimum atomic E-state index is -0.125. The Kier molecular flexibility index (Phi) is 7.51. The molecule has 0 aliphatic heterocycles. The van der Waals surface area contributed by atoms with Crippen LogP contribution in [0.25, 0.3) is 49.4 Å². The van der Waals surface area contributed by atoms with Crippen molar-refractivity contribution in [2.24, 2.45) is 0 Å². The second kappa shape index (κ2) is 12.5. The molecule has 1 aromatic heterocycles. The molecule has 0 unspecified atom stereocenters. The molecule has 51 heavy (non-hydrogen) atoms. The van der Waals surface area contributed by atoms with Crippen molar-refractivity contribution in [3.63, 3.8) is 0 Å². The Morgan fingerprint density at radius 3 is 1.65 bits per heavy atom. The monoisotopic (exact) mass is 654 g/mol. The van der Waals surface area contributed by atoms with Gasteiger partial charge < -0.3 is 9.47 Å². The Balaban J connectivity index is 1.24. The summed E-state index contributed by atoms with van der Waals surface area (Å²) in [4.78, 5) is 2.39. The summed E-state index contributed by atoms with van der Waals surface area (Å²) in [6, 6.07) is 70.4. The van der Waals surface area contributed by atoms with Crippen LogP contribution in [0.3, 0.4) is 0 Å². The number of para-hydroxylation sites is 1. The van der Waals surface area contributed by atoms with Crippen molar-refractivity contribution >= 4 is 49.6 Å². The lowest BCUT2D eigenvalue weighted by molar-refractivity contribution is 0.641. The Hall–Kier alpha value is -6.38. The first-order chi connectivity index (χ1) is 25.1. The van der Waals surface area contributed by atoms with Crippen molar-refractivity contribution in [1.82, 2.24) is 4.57 Å². The zero-order chi connectivity index (χ0) is 34.4. The summed E-state index contributed by atoms with van der Waals surface area (Å²) in [5.41, 5.74) is 11.8. The van der Waals surface area contributed by atoms with E-state index in [0.29, 0.717) is 0 Å². The lowest BCUT2D eigenvalue weighted by atomic mass is 9.78. The van der Waals surface area contributed by atoms with Crippen molar-refractivity contribution < 1.29 is 0 Å². The number of hydrogen-bond donors (Lipinski definition) is 0. The van der Waals surface area contributed by atoms with Crippen LogP contribution in [0, 0.1) is 0 Å². The van der Waals surface area contributed by atoms with Gasteiger partial charge in [0.15, 0.2) is 0 Å². The highest BCUT2D eigenvalue weighted by Gasteiger charge is 2.24. The molecule has 0 aliphatic carbocycles. The SMILES string of the molecule is CC(C)(c1ccccc1)c1ccc(N(c2ccc(-c3ccccc3)cc2)c2ccc3c4ccc5ccccc5c4n(-c4ccccc4)c3c2)cc1. The summed E-state index contributed by atoms with van der Waals surface area (Å²) in [5, 5.41) is 4.98. The maximum absolute atomic E-state index is 2.44. The molecule has 0 amide bonds. The molecule has 2 nitrogen and oxygen atoms in total. The number of rotatable bonds is 7. The average molecular weight is 655 g/mol. The summed E-state index contributed by atoms with van der Waals surface area (Å²) in [6.07, 6.45) is 0. The highest BCUT2D eigenvalue weighted by Crippen LogP contribution is 2.42. The molecule has 0 radical (unpaired) electrons. The zero-order valence-electron chi connectivity index (χ0n) is 28.9. The van der Waals surface area contributed by atoms with Crippen LogP contribution >= 0.6 is 0 Å². The van der Waals surface area contributed by atoms with Gasteiger partial charge in [-0.25, -0.2) is 0 Å². The van der Waals surface area contributed by atoms with Gasteiger partial charge in [0.2, 0.25) is 0 Å². The third kappa shape index (κ3) is 5.37. The van der Waals surface area contributed by atoms with E-state index in [9.17, 15) is 0 Å². The summed E-state index contributed by atoms with van der Waals surface area (Å²) < 4.78 is 2.44. The molecule has 9 rings (SSSR count). The minimum Gasteiger partial charge on any atom is -0.310 e. The van der Waals surface area contributed by atoms with E-state index in [2.05, 4.69) is 217 Å². The fourth-order valence-corrected chi connectivity index (χ4v) is 7.68. The molecule has 1 heterocycles. The Morgan fingerprint density at radius 2 is 0.941 bits per heavy atom. The summed E-state index contributed by atoms with van der Waals surface area (Å²) in [7, 11) is 0. The first kappa shape index (κ1) is 30.7. The average Bonchev–Trinajstić information content (AvgIpc) is 3.54. The van der Waals surface area contributed by atoms with Crippen molar-refractivity contribution in [2.45, 2.75) is 19.3 Å². The topological polar surface area (TPSA) is 8.17 Å². The highest BCUT2D eigenvalue weighted by molar-refractivity contribution is 6.19. The molecular formula is C49H38N2. The molecule has 0 saturated heterocycles. The van der Waals surface area contributed by atoms with Crippen LogP contribution in [0.1, 0.15) is 25.0 Å². The first-order valence-electron chi connectivity index (χ1n) is 17.7. The smallest absolute Gasteiger partial charge is 0.0619 e. The van der Waals surface area contributed by atoms with E-state index in [1.54, 1.807) is 0 Å². The maximum atomic E-state index is 2.44. The van der Waals surface area contributed by atoms with E-state index in [1.165, 1.54) is 54.8 Å². The van der Waals surface area contributed by atoms with Crippen molar-refractivity contribution in [3.8, 4) is 16.8 Å². The summed E-state index contributed by atoms with van der Waals surface area (Å²) in [5.74, 6) is 0. The van der Waals surface area contributed by atoms with E-state index < -0.39 is 0 Å². The van der Waals surface area contributed by atoms with Gasteiger partial charge in [-0.1, -0.05) is 159 Å². The molecule has 2 heteroatoms. The van der Waals surface area contributed by atoms with Gasteiger partial charge in [-0.05, 0) is 76.2 Å². The fourth-order valence-electron chi connectivity index (χ4n) is 7.68. The molecule has 9 aromatic rings. The molecule has 0 N–H and O–H groups in total. The third-order valence-corrected chi connectivity index (χ3v) is 10.5. The standard InChI is InChI=1S/C49H38N2/c1-49(2,38-17-8-4-9-18-38)39-25-29-42(30-26-39)50(41-27-22-36(23-28-41)35-14-6-3-7-15-35)43-31-33-45-46-32-24-37-16-12-13-21-44(37)48(46)51(47(45)34-43)40-19-10-5-11-20-40/h3-34H,1-2H3. The summed E-state index contributed by atoms with van der Waals surface area (Å²) >= 11 is 0. The quantitative estimate of drug-likeness (QED) is 0.166. The van der Waals surface area contributed by atoms with Gasteiger partial charge in [-0.3, -0.25) is 0 Å². The van der Waals surface area contributed by atoms with Crippen LogP contribution in [-0.2, 0) is 5.41 Å². The van der Waals surface area contributed by atoms with Crippen molar-refractivity contribution in [2.75, 3.05) is 4.90 Å². The van der Waals surface area contributed by atoms with Gasteiger partial charge in [0, 0.05) is 44.3 Å². The molecule has 8 aromatic carbocycles. The predicted octanol–water partition coefficient (Wildman–Crippen LogP) is 13.4. The van der Waals surface area contributed by atoms with E-state index in [0.717, 1.165) is 22.7 Å². The normalized spacial score (nSPS) is 11.7. The van der Waals surface area contributed by atoms with E-state index in [1.807, 2.05) is 0 Å². The van der Waals surface area contributed by atoms with Crippen molar-refractivity contribution in [1.29, 1.82) is 0 Å². The summed E-state index contributed by atoms with van der Waals surface area (Å²) in [6.45, 7) is 4.61. The van der Waals surface area contributed by atoms with Crippen LogP contribution in [0.4, 0.5) is 17.1 Å². The number of hydrogen-bond acceptors (Lipinski definition) is 1. The fraction of sp³-hybridized carbons (Fsp3) is 0.0612. The second-order valence-corrected chi connectivity index (χ2v) is 13.8. The predicted molar refractivity (Wildman–Crippen MR) is 217 cm³/mol. The van der Waals surface area contributed by atoms with Crippen LogP contribution < -0.4 is 4.90 Å². The van der Waals surface area contributed by atoms with Crippen LogP contribution in [0.5, 0.6) is 0 Å². The number of benzene rings is 8. The van der Waals surface area contributed by atoms with Gasteiger partial charge in [0.1, 0.15) is 0 Å². The first-order valence-corrected chi connectivity index (χ1v) is 17.7. The Morgan fingerprint density at radius 1 is 0.412 bits per heavy atom. The second-order valence-electron chi connectivity index (χ2n) is 13.8. The molecule has 0 aliphatic rings. The number of anilines is 3. The van der Waals surface area contributed by atoms with Crippen molar-refractivity contribution in [3.05, 3.63) is 205 Å². The number of nitrogens with zero attached hydrogens (tertiary/aromatic N) is 2. The number of fused-ring (bicyclic) bond motifs is 5. The highest BCUT2D eigenvalue weighted by atomic mass is 15.1. The molecule has 0 atom stereocenters. The zero-order valence-corrected chi connectivity index (χ0v) is 28.9. The van der Waals surface area contributed by atoms with Crippen LogP contribution in [0.2, 0.25) is 0 Å². The van der Waals surface area contributed by atoms with Crippen LogP contribution in [0.15, 0.2) is 194 Å². The number of aromatic nitrogens is 1. The molecule has 0 spiro atoms. The van der Waals surface area contributed by atoms with Gasteiger partial charge in [-0.2, -0.15) is 0 Å². The van der Waals surface area contributed by atoms with E-state index in [-0.39, 0.29) is 5.41 Å². The molecule has 244 valence electrons. The Bertz CT molecular complexity index is 2620. The van der Waals surface area contributed by atoms with E-state index >= 15 is 0 Å². The van der Waals surface area contributed by atoms with Gasteiger partial charge >= 0.3 is 0 Å². The lowest BCUT2D eigenvalue weighted by Gasteiger charge is -2.29. The molecule has 0 saturated carbocycles. The van der Waals surface area contributed by atoms with Gasteiger partial charge in [-0.15, -0.1) is 0 Å². The minimum absolute atomic E-state index is 0.125. The maximum Gasteiger partial charge on any atom is 0.0619 e. The molecular weight excluding hydrogens is 617 g/mol. The Labute approximate surface area is 299 Å². The molecule has 0 fully saturated rings. The third-order valence-electron chi connectivity index (χ3n) is 10.5. The molecule has 0 bridgehead atoms. The lowest BCUT2D eigenvalue weighted by Crippen LogP contribution is -2.19.